The number of carbonyl (C=O) groups excluding carboxylic acids is 3. The van der Waals surface area contributed by atoms with E-state index >= 15 is 0 Å². The van der Waals surface area contributed by atoms with Gasteiger partial charge < -0.3 is 21.3 Å². The Morgan fingerprint density at radius 2 is 1.43 bits per heavy atom. The first kappa shape index (κ1) is 21.0. The maximum absolute atomic E-state index is 12.6. The van der Waals surface area contributed by atoms with Crippen molar-refractivity contribution in [3.05, 3.63) is 60.2 Å². The van der Waals surface area contributed by atoms with Crippen LogP contribution in [-0.4, -0.2) is 30.9 Å². The SMILES string of the molecule is CNC(=O)Nc1ccc(NC(=O)C(NC(=O)Cc2ccccc2)C(C)C)cc1. The average Bonchev–Trinajstić information content (AvgIpc) is 2.68. The molecule has 0 aliphatic rings. The molecule has 2 aromatic rings. The molecule has 148 valence electrons. The highest BCUT2D eigenvalue weighted by Gasteiger charge is 2.24. The summed E-state index contributed by atoms with van der Waals surface area (Å²) in [7, 11) is 1.53. The van der Waals surface area contributed by atoms with E-state index in [0.29, 0.717) is 11.4 Å². The largest absolute Gasteiger partial charge is 0.344 e. The van der Waals surface area contributed by atoms with Gasteiger partial charge in [0.05, 0.1) is 6.42 Å². The smallest absolute Gasteiger partial charge is 0.318 e. The van der Waals surface area contributed by atoms with Crippen LogP contribution in [-0.2, 0) is 16.0 Å². The fourth-order valence-electron chi connectivity index (χ4n) is 2.59. The topological polar surface area (TPSA) is 99.3 Å². The fourth-order valence-corrected chi connectivity index (χ4v) is 2.59. The molecule has 0 heterocycles. The van der Waals surface area contributed by atoms with Crippen molar-refractivity contribution in [3.8, 4) is 0 Å². The molecule has 7 heteroatoms. The van der Waals surface area contributed by atoms with Gasteiger partial charge in [-0.2, -0.15) is 0 Å². The molecule has 0 radical (unpaired) electrons. The molecular weight excluding hydrogens is 356 g/mol. The highest BCUT2D eigenvalue weighted by Crippen LogP contribution is 2.15. The van der Waals surface area contributed by atoms with Crippen LogP contribution >= 0.6 is 0 Å². The number of carbonyl (C=O) groups is 3. The third kappa shape index (κ3) is 6.42. The summed E-state index contributed by atoms with van der Waals surface area (Å²) in [5, 5.41) is 10.7. The number of benzene rings is 2. The fraction of sp³-hybridized carbons (Fsp3) is 0.286. The molecule has 1 atom stereocenters. The second-order valence-corrected chi connectivity index (χ2v) is 6.72. The lowest BCUT2D eigenvalue weighted by Gasteiger charge is -2.22. The second-order valence-electron chi connectivity index (χ2n) is 6.72. The lowest BCUT2D eigenvalue weighted by atomic mass is 10.0. The van der Waals surface area contributed by atoms with E-state index in [9.17, 15) is 14.4 Å². The van der Waals surface area contributed by atoms with Gasteiger partial charge in [-0.1, -0.05) is 44.2 Å². The first-order valence-corrected chi connectivity index (χ1v) is 9.12. The Bertz CT molecular complexity index is 804. The minimum atomic E-state index is -0.653. The maximum Gasteiger partial charge on any atom is 0.318 e. The van der Waals surface area contributed by atoms with Crippen LogP contribution in [0.3, 0.4) is 0 Å². The summed E-state index contributed by atoms with van der Waals surface area (Å²) < 4.78 is 0. The highest BCUT2D eigenvalue weighted by atomic mass is 16.2. The van der Waals surface area contributed by atoms with Crippen molar-refractivity contribution in [2.24, 2.45) is 5.92 Å². The molecule has 7 nitrogen and oxygen atoms in total. The lowest BCUT2D eigenvalue weighted by Crippen LogP contribution is -2.47. The monoisotopic (exact) mass is 382 g/mol. The Morgan fingerprint density at radius 1 is 0.857 bits per heavy atom. The third-order valence-corrected chi connectivity index (χ3v) is 4.11. The molecule has 2 rings (SSSR count). The summed E-state index contributed by atoms with van der Waals surface area (Å²) in [5.74, 6) is -0.567. The normalized spacial score (nSPS) is 11.4. The molecule has 0 aromatic heterocycles. The van der Waals surface area contributed by atoms with Gasteiger partial charge in [0.1, 0.15) is 6.04 Å². The van der Waals surface area contributed by atoms with Gasteiger partial charge >= 0.3 is 6.03 Å². The van der Waals surface area contributed by atoms with E-state index in [1.54, 1.807) is 24.3 Å². The number of amides is 4. The van der Waals surface area contributed by atoms with E-state index in [2.05, 4.69) is 21.3 Å². The van der Waals surface area contributed by atoms with E-state index in [-0.39, 0.29) is 30.2 Å². The molecule has 0 aliphatic carbocycles. The van der Waals surface area contributed by atoms with E-state index in [4.69, 9.17) is 0 Å². The van der Waals surface area contributed by atoms with Crippen molar-refractivity contribution in [3.63, 3.8) is 0 Å². The van der Waals surface area contributed by atoms with Gasteiger partial charge in [-0.15, -0.1) is 0 Å². The molecule has 0 saturated heterocycles. The number of urea groups is 1. The van der Waals surface area contributed by atoms with Crippen LogP contribution in [0.25, 0.3) is 0 Å². The van der Waals surface area contributed by atoms with Gasteiger partial charge in [-0.05, 0) is 35.7 Å². The van der Waals surface area contributed by atoms with Crippen LogP contribution in [0.1, 0.15) is 19.4 Å². The van der Waals surface area contributed by atoms with Crippen molar-refractivity contribution in [1.82, 2.24) is 10.6 Å². The highest BCUT2D eigenvalue weighted by molar-refractivity contribution is 5.98. The van der Waals surface area contributed by atoms with Crippen LogP contribution in [0.5, 0.6) is 0 Å². The van der Waals surface area contributed by atoms with Crippen LogP contribution in [0.15, 0.2) is 54.6 Å². The number of hydrogen-bond acceptors (Lipinski definition) is 3. The third-order valence-electron chi connectivity index (χ3n) is 4.11. The summed E-state index contributed by atoms with van der Waals surface area (Å²) >= 11 is 0. The van der Waals surface area contributed by atoms with Crippen LogP contribution in [0.4, 0.5) is 16.2 Å². The molecule has 0 fully saturated rings. The number of rotatable bonds is 7. The van der Waals surface area contributed by atoms with Gasteiger partial charge in [0.2, 0.25) is 11.8 Å². The quantitative estimate of drug-likeness (QED) is 0.592. The summed E-state index contributed by atoms with van der Waals surface area (Å²) in [6.45, 7) is 3.76. The zero-order valence-electron chi connectivity index (χ0n) is 16.3. The molecule has 2 aromatic carbocycles. The van der Waals surface area contributed by atoms with E-state index in [1.807, 2.05) is 44.2 Å². The number of anilines is 2. The summed E-state index contributed by atoms with van der Waals surface area (Å²) in [6, 6.07) is 15.1. The number of nitrogens with one attached hydrogen (secondary N) is 4. The molecule has 0 aliphatic heterocycles. The van der Waals surface area contributed by atoms with Crippen molar-refractivity contribution in [2.45, 2.75) is 26.3 Å². The Balaban J connectivity index is 1.96. The zero-order chi connectivity index (χ0) is 20.5. The first-order chi connectivity index (χ1) is 13.4. The minimum Gasteiger partial charge on any atom is -0.344 e. The Kier molecular flexibility index (Phi) is 7.56. The first-order valence-electron chi connectivity index (χ1n) is 9.12. The average molecular weight is 382 g/mol. The molecule has 4 N–H and O–H groups in total. The molecule has 0 bridgehead atoms. The van der Waals surface area contributed by atoms with Crippen molar-refractivity contribution in [1.29, 1.82) is 0 Å². The Morgan fingerprint density at radius 3 is 1.96 bits per heavy atom. The summed E-state index contributed by atoms with van der Waals surface area (Å²) in [6.07, 6.45) is 0.219. The maximum atomic E-state index is 12.6. The van der Waals surface area contributed by atoms with E-state index < -0.39 is 6.04 Å². The van der Waals surface area contributed by atoms with E-state index in [0.717, 1.165) is 5.56 Å². The molecular formula is C21H26N4O3. The second kappa shape index (κ2) is 10.1. The lowest BCUT2D eigenvalue weighted by molar-refractivity contribution is -0.127. The van der Waals surface area contributed by atoms with Gasteiger partial charge in [-0.25, -0.2) is 4.79 Å². The summed E-state index contributed by atoms with van der Waals surface area (Å²) in [4.78, 5) is 36.3. The Hall–Kier alpha value is -3.35. The van der Waals surface area contributed by atoms with Gasteiger partial charge in [0, 0.05) is 18.4 Å². The summed E-state index contributed by atoms with van der Waals surface area (Å²) in [5.41, 5.74) is 2.08. The molecule has 28 heavy (non-hydrogen) atoms. The van der Waals surface area contributed by atoms with Gasteiger partial charge in [0.15, 0.2) is 0 Å². The molecule has 0 saturated carbocycles. The van der Waals surface area contributed by atoms with Crippen molar-refractivity contribution >= 4 is 29.2 Å². The van der Waals surface area contributed by atoms with E-state index in [1.165, 1.54) is 7.05 Å². The molecule has 1 unspecified atom stereocenters. The van der Waals surface area contributed by atoms with Crippen LogP contribution in [0.2, 0.25) is 0 Å². The van der Waals surface area contributed by atoms with Gasteiger partial charge in [0.25, 0.3) is 0 Å². The Labute approximate surface area is 164 Å². The van der Waals surface area contributed by atoms with Gasteiger partial charge in [-0.3, -0.25) is 9.59 Å². The predicted molar refractivity (Wildman–Crippen MR) is 110 cm³/mol. The predicted octanol–water partition coefficient (Wildman–Crippen LogP) is 2.76. The standard InChI is InChI=1S/C21H26N4O3/c1-14(2)19(25-18(26)13-15-7-5-4-6-8-15)20(27)23-16-9-11-17(12-10-16)24-21(28)22-3/h4-12,14,19H,13H2,1-3H3,(H,23,27)(H,25,26)(H2,22,24,28). The van der Waals surface area contributed by atoms with Crippen LogP contribution in [0, 0.1) is 5.92 Å². The molecule has 0 spiro atoms. The number of hydrogen-bond donors (Lipinski definition) is 4. The van der Waals surface area contributed by atoms with Crippen LogP contribution < -0.4 is 21.3 Å². The van der Waals surface area contributed by atoms with Crippen molar-refractivity contribution in [2.75, 3.05) is 17.7 Å². The zero-order valence-corrected chi connectivity index (χ0v) is 16.3. The minimum absolute atomic E-state index is 0.0751. The molecule has 4 amide bonds. The van der Waals surface area contributed by atoms with Crippen molar-refractivity contribution < 1.29 is 14.4 Å².